The molecule has 0 atom stereocenters. The Kier molecular flexibility index (Phi) is 6.67. The molecule has 0 saturated carbocycles. The number of esters is 1. The van der Waals surface area contributed by atoms with Crippen LogP contribution in [0.4, 0.5) is 0 Å². The van der Waals surface area contributed by atoms with E-state index in [0.717, 1.165) is 13.1 Å². The number of piperazine rings is 1. The van der Waals surface area contributed by atoms with Crippen LogP contribution in [0.2, 0.25) is 0 Å². The lowest BCUT2D eigenvalue weighted by atomic mass is 10.3. The minimum atomic E-state index is -0.190. The highest BCUT2D eigenvalue weighted by molar-refractivity contribution is 5.77. The number of hydrogen-bond donors (Lipinski definition) is 0. The summed E-state index contributed by atoms with van der Waals surface area (Å²) in [5.74, 6) is -0.144. The van der Waals surface area contributed by atoms with E-state index < -0.39 is 0 Å². The lowest BCUT2D eigenvalue weighted by Crippen LogP contribution is -2.50. The summed E-state index contributed by atoms with van der Waals surface area (Å²) in [4.78, 5) is 26.7. The normalized spacial score (nSPS) is 16.7. The van der Waals surface area contributed by atoms with E-state index in [9.17, 15) is 9.59 Å². The summed E-state index contributed by atoms with van der Waals surface area (Å²) >= 11 is 0. The third kappa shape index (κ3) is 5.01. The quantitative estimate of drug-likeness (QED) is 0.614. The number of carbonyl (C=O) groups excluding carboxylic acids is 2. The van der Waals surface area contributed by atoms with Crippen LogP contribution in [0.5, 0.6) is 0 Å². The van der Waals surface area contributed by atoms with Crippen LogP contribution in [0.1, 0.15) is 13.3 Å². The summed E-state index contributed by atoms with van der Waals surface area (Å²) in [5, 5.41) is 0. The molecule has 104 valence electrons. The molecular weight excluding hydrogens is 236 g/mol. The van der Waals surface area contributed by atoms with Gasteiger partial charge >= 0.3 is 5.97 Å². The van der Waals surface area contributed by atoms with E-state index in [1.54, 1.807) is 0 Å². The minimum Gasteiger partial charge on any atom is -0.469 e. The summed E-state index contributed by atoms with van der Waals surface area (Å²) in [5.41, 5.74) is 0. The molecule has 0 spiro atoms. The van der Waals surface area contributed by atoms with E-state index in [2.05, 4.69) is 9.64 Å². The Bertz CT molecular complexity index is 275. The average Bonchev–Trinajstić information content (AvgIpc) is 2.42. The molecule has 0 N–H and O–H groups in total. The van der Waals surface area contributed by atoms with Crippen molar-refractivity contribution in [2.75, 3.05) is 53.0 Å². The van der Waals surface area contributed by atoms with Gasteiger partial charge in [0.2, 0.25) is 5.91 Å². The van der Waals surface area contributed by atoms with Crippen LogP contribution < -0.4 is 0 Å². The number of methoxy groups -OCH3 is 1. The average molecular weight is 258 g/mol. The van der Waals surface area contributed by atoms with Crippen LogP contribution in [0, 0.1) is 0 Å². The second kappa shape index (κ2) is 8.05. The highest BCUT2D eigenvalue weighted by Gasteiger charge is 2.21. The Morgan fingerprint density at radius 3 is 2.39 bits per heavy atom. The van der Waals surface area contributed by atoms with Crippen LogP contribution in [-0.4, -0.2) is 74.7 Å². The van der Waals surface area contributed by atoms with Crippen molar-refractivity contribution in [3.63, 3.8) is 0 Å². The van der Waals surface area contributed by atoms with Gasteiger partial charge < -0.3 is 14.4 Å². The molecule has 0 aromatic heterocycles. The van der Waals surface area contributed by atoms with Gasteiger partial charge in [-0.15, -0.1) is 0 Å². The largest absolute Gasteiger partial charge is 0.469 e. The van der Waals surface area contributed by atoms with Crippen molar-refractivity contribution in [1.82, 2.24) is 9.80 Å². The minimum absolute atomic E-state index is 0.0458. The van der Waals surface area contributed by atoms with Gasteiger partial charge in [0.15, 0.2) is 0 Å². The first-order valence-electron chi connectivity index (χ1n) is 6.32. The van der Waals surface area contributed by atoms with Crippen LogP contribution >= 0.6 is 0 Å². The second-order valence-electron chi connectivity index (χ2n) is 4.19. The maximum absolute atomic E-state index is 11.7. The van der Waals surface area contributed by atoms with E-state index in [1.165, 1.54) is 7.11 Å². The Balaban J connectivity index is 2.20. The molecule has 1 saturated heterocycles. The van der Waals surface area contributed by atoms with E-state index in [0.29, 0.717) is 32.7 Å². The molecule has 18 heavy (non-hydrogen) atoms. The van der Waals surface area contributed by atoms with Gasteiger partial charge in [0.25, 0.3) is 0 Å². The van der Waals surface area contributed by atoms with Crippen molar-refractivity contribution in [2.45, 2.75) is 13.3 Å². The first kappa shape index (κ1) is 14.9. The van der Waals surface area contributed by atoms with Crippen LogP contribution in [0.3, 0.4) is 0 Å². The zero-order valence-corrected chi connectivity index (χ0v) is 11.2. The molecule has 1 rings (SSSR count). The topological polar surface area (TPSA) is 59.1 Å². The molecule has 1 heterocycles. The van der Waals surface area contributed by atoms with Crippen LogP contribution in [-0.2, 0) is 19.1 Å². The Hall–Kier alpha value is -1.14. The molecule has 1 fully saturated rings. The summed E-state index contributed by atoms with van der Waals surface area (Å²) in [6.07, 6.45) is 0.406. The Labute approximate surface area is 108 Å². The number of amides is 1. The van der Waals surface area contributed by atoms with Gasteiger partial charge in [-0.2, -0.15) is 0 Å². The van der Waals surface area contributed by atoms with Gasteiger partial charge in [-0.1, -0.05) is 0 Å². The molecule has 1 aliphatic heterocycles. The molecule has 6 heteroatoms. The first-order chi connectivity index (χ1) is 8.67. The number of carbonyl (C=O) groups is 2. The monoisotopic (exact) mass is 258 g/mol. The lowest BCUT2D eigenvalue weighted by molar-refractivity contribution is -0.142. The molecule has 0 aromatic rings. The van der Waals surface area contributed by atoms with Crippen molar-refractivity contribution < 1.29 is 19.1 Å². The van der Waals surface area contributed by atoms with Gasteiger partial charge in [-0.25, -0.2) is 0 Å². The van der Waals surface area contributed by atoms with Gasteiger partial charge in [-0.3, -0.25) is 14.5 Å². The van der Waals surface area contributed by atoms with E-state index in [-0.39, 0.29) is 18.5 Å². The molecule has 0 aromatic carbocycles. The Morgan fingerprint density at radius 1 is 1.17 bits per heavy atom. The zero-order chi connectivity index (χ0) is 13.4. The smallest absolute Gasteiger partial charge is 0.306 e. The van der Waals surface area contributed by atoms with Gasteiger partial charge in [-0.05, 0) is 6.92 Å². The third-order valence-electron chi connectivity index (χ3n) is 3.01. The van der Waals surface area contributed by atoms with Crippen molar-refractivity contribution in [3.8, 4) is 0 Å². The molecule has 1 amide bonds. The fraction of sp³-hybridized carbons (Fsp3) is 0.833. The molecule has 0 unspecified atom stereocenters. The standard InChI is InChI=1S/C12H22N2O4/c1-3-18-10-11(15)14-8-6-13(7-9-14)5-4-12(16)17-2/h3-10H2,1-2H3. The predicted octanol–water partition coefficient (Wildman–Crippen LogP) is -0.270. The third-order valence-corrected chi connectivity index (χ3v) is 3.01. The number of nitrogens with zero attached hydrogens (tertiary/aromatic N) is 2. The van der Waals surface area contributed by atoms with E-state index in [1.807, 2.05) is 11.8 Å². The fourth-order valence-corrected chi connectivity index (χ4v) is 1.85. The molecule has 6 nitrogen and oxygen atoms in total. The number of hydrogen-bond acceptors (Lipinski definition) is 5. The number of rotatable bonds is 6. The van der Waals surface area contributed by atoms with Gasteiger partial charge in [0.1, 0.15) is 6.61 Å². The fourth-order valence-electron chi connectivity index (χ4n) is 1.85. The molecule has 1 aliphatic rings. The van der Waals surface area contributed by atoms with Crippen LogP contribution in [0.25, 0.3) is 0 Å². The highest BCUT2D eigenvalue weighted by atomic mass is 16.5. The van der Waals surface area contributed by atoms with Crippen LogP contribution in [0.15, 0.2) is 0 Å². The molecular formula is C12H22N2O4. The molecule has 0 bridgehead atoms. The zero-order valence-electron chi connectivity index (χ0n) is 11.2. The second-order valence-corrected chi connectivity index (χ2v) is 4.19. The van der Waals surface area contributed by atoms with Crippen molar-refractivity contribution in [2.24, 2.45) is 0 Å². The van der Waals surface area contributed by atoms with Gasteiger partial charge in [0, 0.05) is 39.3 Å². The van der Waals surface area contributed by atoms with Crippen molar-refractivity contribution >= 4 is 11.9 Å². The summed E-state index contributed by atoms with van der Waals surface area (Å²) in [6, 6.07) is 0. The summed E-state index contributed by atoms with van der Waals surface area (Å²) < 4.78 is 9.70. The summed E-state index contributed by atoms with van der Waals surface area (Å²) in [6.45, 7) is 6.30. The maximum Gasteiger partial charge on any atom is 0.306 e. The van der Waals surface area contributed by atoms with E-state index in [4.69, 9.17) is 4.74 Å². The summed E-state index contributed by atoms with van der Waals surface area (Å²) in [7, 11) is 1.40. The maximum atomic E-state index is 11.7. The Morgan fingerprint density at radius 2 is 1.83 bits per heavy atom. The predicted molar refractivity (Wildman–Crippen MR) is 66.1 cm³/mol. The van der Waals surface area contributed by atoms with Crippen molar-refractivity contribution in [3.05, 3.63) is 0 Å². The first-order valence-corrected chi connectivity index (χ1v) is 6.32. The SMILES string of the molecule is CCOCC(=O)N1CCN(CCC(=O)OC)CC1. The molecule has 0 radical (unpaired) electrons. The van der Waals surface area contributed by atoms with Gasteiger partial charge in [0.05, 0.1) is 13.5 Å². The highest BCUT2D eigenvalue weighted by Crippen LogP contribution is 2.03. The molecule has 0 aliphatic carbocycles. The number of ether oxygens (including phenoxy) is 2. The lowest BCUT2D eigenvalue weighted by Gasteiger charge is -2.34. The van der Waals surface area contributed by atoms with E-state index >= 15 is 0 Å². The van der Waals surface area contributed by atoms with Crippen molar-refractivity contribution in [1.29, 1.82) is 0 Å².